The van der Waals surface area contributed by atoms with Crippen LogP contribution in [0.1, 0.15) is 13.8 Å². The van der Waals surface area contributed by atoms with Crippen LogP contribution in [0, 0.1) is 0 Å². The van der Waals surface area contributed by atoms with E-state index in [1.54, 1.807) is 56.3 Å². The Kier molecular flexibility index (Phi) is 5.22. The number of hydrogen-bond donors (Lipinski definition) is 1. The number of carbonyl (C=O) groups excluding carboxylic acids is 1. The number of nitrogens with one attached hydrogen (secondary N) is 1. The molecule has 0 spiro atoms. The van der Waals surface area contributed by atoms with Gasteiger partial charge in [-0.05, 0) is 50.2 Å². The molecule has 0 saturated carbocycles. The molecule has 2 aromatic rings. The SMILES string of the molecule is CC(C)(Oc1ccc(Cl)cc1)C(=O)Nc1cccc(Cl)c1Cl. The Bertz CT molecular complexity index is 684. The summed E-state index contributed by atoms with van der Waals surface area (Å²) in [6, 6.07) is 11.8. The number of hydrogen-bond acceptors (Lipinski definition) is 2. The smallest absolute Gasteiger partial charge is 0.268 e. The molecular formula is C16H14Cl3NO2. The third kappa shape index (κ3) is 4.07. The van der Waals surface area contributed by atoms with Crippen molar-refractivity contribution in [2.45, 2.75) is 19.4 Å². The van der Waals surface area contributed by atoms with Gasteiger partial charge >= 0.3 is 0 Å². The van der Waals surface area contributed by atoms with Crippen LogP contribution in [0.2, 0.25) is 15.1 Å². The van der Waals surface area contributed by atoms with E-state index in [4.69, 9.17) is 39.5 Å². The lowest BCUT2D eigenvalue weighted by Crippen LogP contribution is -2.42. The predicted octanol–water partition coefficient (Wildman–Crippen LogP) is 5.44. The zero-order valence-electron chi connectivity index (χ0n) is 12.0. The highest BCUT2D eigenvalue weighted by molar-refractivity contribution is 6.44. The number of carbonyl (C=O) groups is 1. The molecule has 2 aromatic carbocycles. The van der Waals surface area contributed by atoms with E-state index in [-0.39, 0.29) is 5.91 Å². The molecule has 3 nitrogen and oxygen atoms in total. The lowest BCUT2D eigenvalue weighted by molar-refractivity contribution is -0.128. The molecule has 0 radical (unpaired) electrons. The molecule has 22 heavy (non-hydrogen) atoms. The highest BCUT2D eigenvalue weighted by atomic mass is 35.5. The minimum Gasteiger partial charge on any atom is -0.478 e. The van der Waals surface area contributed by atoms with E-state index in [9.17, 15) is 4.79 Å². The monoisotopic (exact) mass is 357 g/mol. The van der Waals surface area contributed by atoms with Crippen LogP contribution in [0.5, 0.6) is 5.75 Å². The maximum Gasteiger partial charge on any atom is 0.268 e. The second-order valence-electron chi connectivity index (χ2n) is 5.12. The first-order valence-corrected chi connectivity index (χ1v) is 7.63. The molecule has 0 bridgehead atoms. The van der Waals surface area contributed by atoms with Gasteiger partial charge in [-0.3, -0.25) is 4.79 Å². The Morgan fingerprint density at radius 1 is 1.05 bits per heavy atom. The summed E-state index contributed by atoms with van der Waals surface area (Å²) in [5.41, 5.74) is -0.661. The Labute approximate surface area is 144 Å². The summed E-state index contributed by atoms with van der Waals surface area (Å²) in [6.45, 7) is 3.32. The standard InChI is InChI=1S/C16H14Cl3NO2/c1-16(2,22-11-8-6-10(17)7-9-11)15(21)20-13-5-3-4-12(18)14(13)19/h3-9H,1-2H3,(H,20,21). The van der Waals surface area contributed by atoms with Crippen LogP contribution in [0.4, 0.5) is 5.69 Å². The van der Waals surface area contributed by atoms with Crippen LogP contribution in [0.3, 0.4) is 0 Å². The van der Waals surface area contributed by atoms with Crippen molar-refractivity contribution in [2.75, 3.05) is 5.32 Å². The minimum atomic E-state index is -1.10. The summed E-state index contributed by atoms with van der Waals surface area (Å²) in [4.78, 5) is 12.4. The van der Waals surface area contributed by atoms with Crippen molar-refractivity contribution in [3.63, 3.8) is 0 Å². The van der Waals surface area contributed by atoms with Crippen LogP contribution in [0.15, 0.2) is 42.5 Å². The molecule has 6 heteroatoms. The van der Waals surface area contributed by atoms with Gasteiger partial charge in [0.2, 0.25) is 0 Å². The molecular weight excluding hydrogens is 345 g/mol. The zero-order valence-corrected chi connectivity index (χ0v) is 14.3. The van der Waals surface area contributed by atoms with Gasteiger partial charge in [-0.25, -0.2) is 0 Å². The normalized spacial score (nSPS) is 11.1. The molecule has 0 atom stereocenters. The molecule has 0 heterocycles. The van der Waals surface area contributed by atoms with Crippen LogP contribution < -0.4 is 10.1 Å². The number of anilines is 1. The molecule has 0 aromatic heterocycles. The Morgan fingerprint density at radius 2 is 1.68 bits per heavy atom. The van der Waals surface area contributed by atoms with Gasteiger partial charge < -0.3 is 10.1 Å². The largest absolute Gasteiger partial charge is 0.478 e. The lowest BCUT2D eigenvalue weighted by Gasteiger charge is -2.25. The second kappa shape index (κ2) is 6.78. The molecule has 0 aliphatic heterocycles. The Hall–Kier alpha value is -1.42. The molecule has 2 rings (SSSR count). The summed E-state index contributed by atoms with van der Waals surface area (Å²) in [5, 5.41) is 3.98. The van der Waals surface area contributed by atoms with Gasteiger partial charge in [-0.2, -0.15) is 0 Å². The maximum absolute atomic E-state index is 12.4. The van der Waals surface area contributed by atoms with Crippen molar-refractivity contribution in [3.8, 4) is 5.75 Å². The first-order chi connectivity index (χ1) is 10.3. The van der Waals surface area contributed by atoms with Crippen LogP contribution in [-0.4, -0.2) is 11.5 Å². The number of benzene rings is 2. The summed E-state index contributed by atoms with van der Waals surface area (Å²) in [5.74, 6) is 0.202. The topological polar surface area (TPSA) is 38.3 Å². The summed E-state index contributed by atoms with van der Waals surface area (Å²) in [6.07, 6.45) is 0. The third-order valence-electron chi connectivity index (χ3n) is 2.93. The van der Waals surface area contributed by atoms with E-state index in [0.717, 1.165) is 0 Å². The van der Waals surface area contributed by atoms with Gasteiger partial charge in [0, 0.05) is 5.02 Å². The van der Waals surface area contributed by atoms with E-state index in [1.165, 1.54) is 0 Å². The van der Waals surface area contributed by atoms with Crippen LogP contribution in [0.25, 0.3) is 0 Å². The fraction of sp³-hybridized carbons (Fsp3) is 0.188. The van der Waals surface area contributed by atoms with Crippen molar-refractivity contribution in [1.29, 1.82) is 0 Å². The molecule has 0 saturated heterocycles. The molecule has 0 fully saturated rings. The van der Waals surface area contributed by atoms with Gasteiger partial charge in [-0.15, -0.1) is 0 Å². The molecule has 0 aliphatic carbocycles. The highest BCUT2D eigenvalue weighted by Gasteiger charge is 2.30. The van der Waals surface area contributed by atoms with E-state index >= 15 is 0 Å². The van der Waals surface area contributed by atoms with Crippen molar-refractivity contribution >= 4 is 46.4 Å². The predicted molar refractivity (Wildman–Crippen MR) is 91.3 cm³/mol. The van der Waals surface area contributed by atoms with Gasteiger partial charge in [0.1, 0.15) is 5.75 Å². The molecule has 1 N–H and O–H groups in total. The van der Waals surface area contributed by atoms with E-state index < -0.39 is 5.60 Å². The van der Waals surface area contributed by atoms with E-state index in [1.807, 2.05) is 0 Å². The average molecular weight is 359 g/mol. The third-order valence-corrected chi connectivity index (χ3v) is 4.00. The van der Waals surface area contributed by atoms with Gasteiger partial charge in [0.15, 0.2) is 5.60 Å². The summed E-state index contributed by atoms with van der Waals surface area (Å²) >= 11 is 17.8. The van der Waals surface area contributed by atoms with E-state index in [2.05, 4.69) is 5.32 Å². The first-order valence-electron chi connectivity index (χ1n) is 6.49. The second-order valence-corrected chi connectivity index (χ2v) is 6.34. The van der Waals surface area contributed by atoms with Crippen LogP contribution >= 0.6 is 34.8 Å². The van der Waals surface area contributed by atoms with Crippen molar-refractivity contribution in [1.82, 2.24) is 0 Å². The number of ether oxygens (including phenoxy) is 1. The zero-order chi connectivity index (χ0) is 16.3. The molecule has 1 amide bonds. The first kappa shape index (κ1) is 16.9. The Balaban J connectivity index is 2.13. The van der Waals surface area contributed by atoms with Gasteiger partial charge in [0.05, 0.1) is 15.7 Å². The molecule has 116 valence electrons. The molecule has 0 unspecified atom stereocenters. The van der Waals surface area contributed by atoms with Crippen molar-refractivity contribution in [2.24, 2.45) is 0 Å². The maximum atomic E-state index is 12.4. The van der Waals surface area contributed by atoms with Crippen molar-refractivity contribution < 1.29 is 9.53 Å². The quantitative estimate of drug-likeness (QED) is 0.790. The fourth-order valence-electron chi connectivity index (χ4n) is 1.72. The van der Waals surface area contributed by atoms with Gasteiger partial charge in [-0.1, -0.05) is 40.9 Å². The minimum absolute atomic E-state index is 0.291. The summed E-state index contributed by atoms with van der Waals surface area (Å²) in [7, 11) is 0. The number of rotatable bonds is 4. The number of halogens is 3. The Morgan fingerprint density at radius 3 is 2.32 bits per heavy atom. The number of amides is 1. The highest BCUT2D eigenvalue weighted by Crippen LogP contribution is 2.30. The molecule has 0 aliphatic rings. The van der Waals surface area contributed by atoms with Crippen molar-refractivity contribution in [3.05, 3.63) is 57.5 Å². The van der Waals surface area contributed by atoms with Crippen LogP contribution in [-0.2, 0) is 4.79 Å². The van der Waals surface area contributed by atoms with E-state index in [0.29, 0.717) is 26.5 Å². The lowest BCUT2D eigenvalue weighted by atomic mass is 10.1. The average Bonchev–Trinajstić information content (AvgIpc) is 2.46. The van der Waals surface area contributed by atoms with Gasteiger partial charge in [0.25, 0.3) is 5.91 Å². The summed E-state index contributed by atoms with van der Waals surface area (Å²) < 4.78 is 5.71. The fourth-order valence-corrected chi connectivity index (χ4v) is 2.19.